The summed E-state index contributed by atoms with van der Waals surface area (Å²) in [5, 5.41) is 0. The van der Waals surface area contributed by atoms with Gasteiger partial charge in [0, 0.05) is 18.7 Å². The monoisotopic (exact) mass is 660 g/mol. The number of allylic oxidation sites excluding steroid dienone is 2. The number of aryl methyl sites for hydroxylation is 1. The zero-order chi connectivity index (χ0) is 34.9. The van der Waals surface area contributed by atoms with Gasteiger partial charge in [-0.2, -0.15) is 26.8 Å². The van der Waals surface area contributed by atoms with Crippen molar-refractivity contribution >= 4 is 45.4 Å². The van der Waals surface area contributed by atoms with E-state index < -0.39 is 6.15 Å². The summed E-state index contributed by atoms with van der Waals surface area (Å²) in [6.07, 6.45) is 5.31. The van der Waals surface area contributed by atoms with Crippen molar-refractivity contribution in [2.45, 2.75) is 59.8 Å². The van der Waals surface area contributed by atoms with E-state index in [4.69, 9.17) is 9.15 Å². The van der Waals surface area contributed by atoms with E-state index in [0.29, 0.717) is 5.82 Å². The van der Waals surface area contributed by atoms with Gasteiger partial charge in [-0.25, -0.2) is 0 Å². The summed E-state index contributed by atoms with van der Waals surface area (Å²) in [5.41, 5.74) is 8.60. The summed E-state index contributed by atoms with van der Waals surface area (Å²) in [5.74, 6) is 3.20. The minimum Gasteiger partial charge on any atom is -0.439 e. The molecule has 7 rings (SSSR count). The second kappa shape index (κ2) is 16.0. The standard InChI is InChI=1S/C23H25N2O2.C22H24B/c1-4-17(15-22-24(5-2)18-11-7-9-13-20(18)26-22)16-23-25(6-3)19-12-8-10-14-21(19)27-23;1-3-19(2)23(20-13-7-4-8-14-20,21-15-9-5-10-16-21)22-17-11-6-12-18-22/h7-16H,4-6H2,1-3H3;4-19H,3H2,1-2H3/q+1;-1. The Hall–Kier alpha value is -5.29. The Morgan fingerprint density at radius 2 is 1.24 bits per heavy atom. The first kappa shape index (κ1) is 34.6. The van der Waals surface area contributed by atoms with Gasteiger partial charge in [-0.3, -0.25) is 0 Å². The molecule has 1 atom stereocenters. The van der Waals surface area contributed by atoms with Gasteiger partial charge in [0.2, 0.25) is 11.5 Å². The minimum atomic E-state index is -0.974. The highest BCUT2D eigenvalue weighted by Gasteiger charge is 2.34. The van der Waals surface area contributed by atoms with Crippen molar-refractivity contribution in [2.24, 2.45) is 0 Å². The highest BCUT2D eigenvalue weighted by Crippen LogP contribution is 2.39. The van der Waals surface area contributed by atoms with Crippen molar-refractivity contribution < 1.29 is 13.7 Å². The highest BCUT2D eigenvalue weighted by atomic mass is 16.5. The minimum absolute atomic E-state index is 0.558. The van der Waals surface area contributed by atoms with Gasteiger partial charge in [-0.05, 0) is 44.0 Å². The van der Waals surface area contributed by atoms with Crippen LogP contribution in [0.5, 0.6) is 5.75 Å². The lowest BCUT2D eigenvalue weighted by molar-refractivity contribution is -0.674. The molecule has 5 aromatic carbocycles. The maximum Gasteiger partial charge on any atom is 0.374 e. The molecule has 0 N–H and O–H groups in total. The number of fused-ring (bicyclic) bond motifs is 2. The number of ether oxygens (including phenoxy) is 1. The Labute approximate surface area is 298 Å². The Balaban J connectivity index is 0.000000175. The molecule has 6 aromatic rings. The molecule has 0 amide bonds. The number of anilines is 1. The average Bonchev–Trinajstić information content (AvgIpc) is 3.72. The second-order valence-corrected chi connectivity index (χ2v) is 13.1. The van der Waals surface area contributed by atoms with Gasteiger partial charge in [0.1, 0.15) is 6.54 Å². The molecule has 1 aromatic heterocycles. The van der Waals surface area contributed by atoms with Crippen LogP contribution in [0.4, 0.5) is 5.69 Å². The Kier molecular flexibility index (Phi) is 11.0. The van der Waals surface area contributed by atoms with Crippen molar-refractivity contribution in [1.82, 2.24) is 0 Å². The highest BCUT2D eigenvalue weighted by molar-refractivity contribution is 7.12. The SMILES string of the molecule is CCC(/C=C1\Oc2ccccc2N1CC)=C\c1oc2ccccc2[n+]1CC.CCC(C)[B-](c1ccccc1)(c1ccccc1)c1ccccc1. The molecule has 1 aliphatic heterocycles. The topological polar surface area (TPSA) is 29.5 Å². The fourth-order valence-electron chi connectivity index (χ4n) is 7.72. The predicted molar refractivity (Wildman–Crippen MR) is 212 cm³/mol. The number of benzene rings is 5. The lowest BCUT2D eigenvalue weighted by Gasteiger charge is -2.48. The molecule has 50 heavy (non-hydrogen) atoms. The normalized spacial score (nSPS) is 14.2. The zero-order valence-electron chi connectivity index (χ0n) is 30.1. The molecule has 0 radical (unpaired) electrons. The van der Waals surface area contributed by atoms with E-state index in [9.17, 15) is 0 Å². The summed E-state index contributed by atoms with van der Waals surface area (Å²) < 4.78 is 14.4. The number of oxazole rings is 1. The van der Waals surface area contributed by atoms with E-state index in [1.165, 1.54) is 16.4 Å². The van der Waals surface area contributed by atoms with Crippen LogP contribution in [0.25, 0.3) is 17.2 Å². The van der Waals surface area contributed by atoms with Crippen molar-refractivity contribution in [2.75, 3.05) is 11.4 Å². The van der Waals surface area contributed by atoms with Gasteiger partial charge < -0.3 is 14.1 Å². The predicted octanol–water partition coefficient (Wildman–Crippen LogP) is 9.25. The Bertz CT molecular complexity index is 1950. The molecule has 5 heteroatoms. The summed E-state index contributed by atoms with van der Waals surface area (Å²) in [6.45, 7) is 12.8. The fourth-order valence-corrected chi connectivity index (χ4v) is 7.72. The summed E-state index contributed by atoms with van der Waals surface area (Å²) in [7, 11) is 0. The molecule has 0 saturated heterocycles. The third-order valence-electron chi connectivity index (χ3n) is 10.4. The van der Waals surface area contributed by atoms with Crippen LogP contribution in [0, 0.1) is 0 Å². The number of rotatable bonds is 10. The van der Waals surface area contributed by atoms with Crippen LogP contribution in [0.3, 0.4) is 0 Å². The summed E-state index contributed by atoms with van der Waals surface area (Å²) >= 11 is 0. The maximum atomic E-state index is 6.10. The first-order chi connectivity index (χ1) is 24.5. The van der Waals surface area contributed by atoms with E-state index in [1.54, 1.807) is 0 Å². The molecule has 2 heterocycles. The fraction of sp³-hybridized carbons (Fsp3) is 0.222. The molecule has 0 bridgehead atoms. The molecule has 0 aliphatic carbocycles. The lowest BCUT2D eigenvalue weighted by atomic mass is 9.10. The average molecular weight is 661 g/mol. The molecule has 1 unspecified atom stereocenters. The van der Waals surface area contributed by atoms with Crippen LogP contribution in [-0.2, 0) is 6.54 Å². The molecular formula is C45H49BN2O2. The van der Waals surface area contributed by atoms with Gasteiger partial charge >= 0.3 is 5.89 Å². The van der Waals surface area contributed by atoms with Crippen molar-refractivity contribution in [3.8, 4) is 5.75 Å². The molecule has 0 saturated carbocycles. The van der Waals surface area contributed by atoms with Crippen LogP contribution in [0.15, 0.2) is 161 Å². The molecule has 254 valence electrons. The summed E-state index contributed by atoms with van der Waals surface area (Å²) in [4.78, 5) is 2.20. The van der Waals surface area contributed by atoms with Gasteiger partial charge in [-0.15, -0.1) is 0 Å². The number of hydrogen-bond donors (Lipinski definition) is 0. The third kappa shape index (κ3) is 6.78. The first-order valence-corrected chi connectivity index (χ1v) is 18.3. The van der Waals surface area contributed by atoms with E-state index in [0.717, 1.165) is 65.8 Å². The molecular weight excluding hydrogens is 611 g/mol. The maximum absolute atomic E-state index is 6.10. The van der Waals surface area contributed by atoms with Gasteiger partial charge in [-0.1, -0.05) is 142 Å². The Morgan fingerprint density at radius 3 is 1.78 bits per heavy atom. The van der Waals surface area contributed by atoms with Crippen molar-refractivity contribution in [3.05, 3.63) is 163 Å². The number of para-hydroxylation sites is 4. The van der Waals surface area contributed by atoms with E-state index in [1.807, 2.05) is 36.4 Å². The van der Waals surface area contributed by atoms with Crippen LogP contribution in [-0.4, -0.2) is 12.7 Å². The second-order valence-electron chi connectivity index (χ2n) is 13.1. The van der Waals surface area contributed by atoms with Crippen LogP contribution in [0.1, 0.15) is 53.4 Å². The molecule has 4 nitrogen and oxygen atoms in total. The van der Waals surface area contributed by atoms with Gasteiger partial charge in [0.25, 0.3) is 5.52 Å². The molecule has 0 spiro atoms. The van der Waals surface area contributed by atoms with E-state index in [2.05, 4.69) is 159 Å². The van der Waals surface area contributed by atoms with E-state index in [-0.39, 0.29) is 0 Å². The van der Waals surface area contributed by atoms with Crippen molar-refractivity contribution in [3.63, 3.8) is 0 Å². The van der Waals surface area contributed by atoms with Crippen LogP contribution >= 0.6 is 0 Å². The Morgan fingerprint density at radius 1 is 0.700 bits per heavy atom. The van der Waals surface area contributed by atoms with Gasteiger partial charge in [0.05, 0.1) is 17.9 Å². The quantitative estimate of drug-likeness (QED) is 0.108. The third-order valence-corrected chi connectivity index (χ3v) is 10.4. The number of nitrogens with zero attached hydrogens (tertiary/aromatic N) is 2. The van der Waals surface area contributed by atoms with E-state index >= 15 is 0 Å². The smallest absolute Gasteiger partial charge is 0.374 e. The van der Waals surface area contributed by atoms with Crippen LogP contribution < -0.4 is 30.6 Å². The van der Waals surface area contributed by atoms with Crippen molar-refractivity contribution in [1.29, 1.82) is 0 Å². The molecule has 0 fully saturated rings. The number of aromatic nitrogens is 1. The first-order valence-electron chi connectivity index (χ1n) is 18.3. The lowest BCUT2D eigenvalue weighted by Crippen LogP contribution is -2.69. The summed E-state index contributed by atoms with van der Waals surface area (Å²) in [6, 6.07) is 49.4. The molecule has 1 aliphatic rings. The van der Waals surface area contributed by atoms with Gasteiger partial charge in [0.15, 0.2) is 5.75 Å². The zero-order valence-corrected chi connectivity index (χ0v) is 30.1. The number of hydrogen-bond acceptors (Lipinski definition) is 3. The largest absolute Gasteiger partial charge is 0.439 e. The van der Waals surface area contributed by atoms with Crippen LogP contribution in [0.2, 0.25) is 5.82 Å².